The van der Waals surface area contributed by atoms with Crippen molar-refractivity contribution in [2.24, 2.45) is 5.92 Å². The smallest absolute Gasteiger partial charge is 0.230 e. The van der Waals surface area contributed by atoms with Crippen LogP contribution in [0.2, 0.25) is 0 Å². The van der Waals surface area contributed by atoms with Crippen LogP contribution in [0.1, 0.15) is 31.7 Å². The van der Waals surface area contributed by atoms with Crippen LogP contribution in [-0.2, 0) is 16.0 Å². The van der Waals surface area contributed by atoms with Gasteiger partial charge in [-0.15, -0.1) is 17.5 Å². The average molecular weight is 439 g/mol. The fourth-order valence-electron chi connectivity index (χ4n) is 3.77. The van der Waals surface area contributed by atoms with Crippen molar-refractivity contribution in [2.45, 2.75) is 32.6 Å². The topological polar surface area (TPSA) is 76.0 Å². The molecule has 1 saturated heterocycles. The third-order valence-electron chi connectivity index (χ3n) is 5.36. The van der Waals surface area contributed by atoms with Gasteiger partial charge in [-0.3, -0.25) is 9.59 Å². The van der Waals surface area contributed by atoms with E-state index in [0.717, 1.165) is 29.8 Å². The van der Waals surface area contributed by atoms with Crippen LogP contribution in [0.25, 0.3) is 16.9 Å². The van der Waals surface area contributed by atoms with Gasteiger partial charge < -0.3 is 10.6 Å². The second-order valence-electron chi connectivity index (χ2n) is 7.64. The molecule has 7 heteroatoms. The summed E-state index contributed by atoms with van der Waals surface area (Å²) >= 11 is 0. The number of anilines is 1. The Hall–Kier alpha value is -3.12. The molecular weight excluding hydrogens is 412 g/mol. The van der Waals surface area contributed by atoms with Crippen molar-refractivity contribution < 1.29 is 9.59 Å². The fraction of sp³-hybridized carbons (Fsp3) is 0.292. The van der Waals surface area contributed by atoms with Gasteiger partial charge in [0, 0.05) is 24.6 Å². The Bertz CT molecular complexity index is 1040. The SMILES string of the molecule is CCCc1cccc(-c2cc(NC(=O)[C@H]3CCC(=O)NC3)nn2-c2ccccc2)c1.Cl. The highest BCUT2D eigenvalue weighted by Crippen LogP contribution is 2.27. The Balaban J connectivity index is 0.00000272. The van der Waals surface area contributed by atoms with Gasteiger partial charge in [0.1, 0.15) is 0 Å². The lowest BCUT2D eigenvalue weighted by Gasteiger charge is -2.20. The van der Waals surface area contributed by atoms with E-state index in [1.165, 1.54) is 5.56 Å². The summed E-state index contributed by atoms with van der Waals surface area (Å²) in [7, 11) is 0. The first-order valence-corrected chi connectivity index (χ1v) is 10.5. The van der Waals surface area contributed by atoms with Crippen LogP contribution in [-0.4, -0.2) is 28.1 Å². The zero-order valence-electron chi connectivity index (χ0n) is 17.5. The van der Waals surface area contributed by atoms with Gasteiger partial charge in [0.2, 0.25) is 11.8 Å². The summed E-state index contributed by atoms with van der Waals surface area (Å²) in [6.07, 6.45) is 3.04. The molecular formula is C24H27ClN4O2. The van der Waals surface area contributed by atoms with Crippen LogP contribution in [0.3, 0.4) is 0 Å². The molecule has 0 bridgehead atoms. The molecule has 2 amide bonds. The van der Waals surface area contributed by atoms with E-state index < -0.39 is 0 Å². The molecule has 162 valence electrons. The number of carbonyl (C=O) groups excluding carboxylic acids is 2. The lowest BCUT2D eigenvalue weighted by molar-refractivity contribution is -0.126. The molecule has 0 spiro atoms. The molecule has 0 unspecified atom stereocenters. The zero-order valence-corrected chi connectivity index (χ0v) is 18.3. The quantitative estimate of drug-likeness (QED) is 0.599. The lowest BCUT2D eigenvalue weighted by Crippen LogP contribution is -2.40. The van der Waals surface area contributed by atoms with Crippen LogP contribution >= 0.6 is 12.4 Å². The van der Waals surface area contributed by atoms with E-state index in [1.54, 1.807) is 0 Å². The number of aromatic nitrogens is 2. The number of aryl methyl sites for hydroxylation is 1. The van der Waals surface area contributed by atoms with Gasteiger partial charge in [-0.05, 0) is 36.6 Å². The number of rotatable bonds is 6. The van der Waals surface area contributed by atoms with Crippen molar-refractivity contribution in [3.8, 4) is 16.9 Å². The van der Waals surface area contributed by atoms with E-state index >= 15 is 0 Å². The molecule has 2 heterocycles. The van der Waals surface area contributed by atoms with Gasteiger partial charge >= 0.3 is 0 Å². The average Bonchev–Trinajstić information content (AvgIpc) is 3.19. The Morgan fingerprint density at radius 3 is 2.68 bits per heavy atom. The maximum atomic E-state index is 12.7. The zero-order chi connectivity index (χ0) is 20.9. The van der Waals surface area contributed by atoms with Crippen LogP contribution in [0.4, 0.5) is 5.82 Å². The second kappa shape index (κ2) is 10.3. The van der Waals surface area contributed by atoms with Gasteiger partial charge in [0.05, 0.1) is 17.3 Å². The highest BCUT2D eigenvalue weighted by Gasteiger charge is 2.25. The number of nitrogens with zero attached hydrogens (tertiary/aromatic N) is 2. The molecule has 0 aliphatic carbocycles. The maximum Gasteiger partial charge on any atom is 0.230 e. The largest absolute Gasteiger partial charge is 0.355 e. The summed E-state index contributed by atoms with van der Waals surface area (Å²) in [6.45, 7) is 2.54. The van der Waals surface area contributed by atoms with Gasteiger partial charge in [-0.2, -0.15) is 0 Å². The van der Waals surface area contributed by atoms with Crippen LogP contribution in [0.5, 0.6) is 0 Å². The number of hydrogen-bond donors (Lipinski definition) is 2. The first kappa shape index (κ1) is 22.6. The van der Waals surface area contributed by atoms with Gasteiger partial charge in [0.15, 0.2) is 5.82 Å². The van der Waals surface area contributed by atoms with E-state index in [2.05, 4.69) is 46.9 Å². The van der Waals surface area contributed by atoms with E-state index in [1.807, 2.05) is 41.1 Å². The van der Waals surface area contributed by atoms with Crippen molar-refractivity contribution in [2.75, 3.05) is 11.9 Å². The maximum absolute atomic E-state index is 12.7. The van der Waals surface area contributed by atoms with Crippen molar-refractivity contribution in [3.05, 3.63) is 66.2 Å². The van der Waals surface area contributed by atoms with Crippen molar-refractivity contribution in [3.63, 3.8) is 0 Å². The molecule has 6 nitrogen and oxygen atoms in total. The monoisotopic (exact) mass is 438 g/mol. The molecule has 2 N–H and O–H groups in total. The molecule has 0 saturated carbocycles. The van der Waals surface area contributed by atoms with Gasteiger partial charge in [-0.25, -0.2) is 4.68 Å². The number of para-hydroxylation sites is 1. The van der Waals surface area contributed by atoms with E-state index in [9.17, 15) is 9.59 Å². The predicted molar refractivity (Wildman–Crippen MR) is 125 cm³/mol. The molecule has 4 rings (SSSR count). The number of nitrogens with one attached hydrogen (secondary N) is 2. The molecule has 31 heavy (non-hydrogen) atoms. The van der Waals surface area contributed by atoms with E-state index in [0.29, 0.717) is 25.2 Å². The minimum atomic E-state index is -0.235. The van der Waals surface area contributed by atoms with Crippen LogP contribution < -0.4 is 10.6 Å². The third kappa shape index (κ3) is 5.33. The molecule has 2 aromatic carbocycles. The number of hydrogen-bond acceptors (Lipinski definition) is 3. The Morgan fingerprint density at radius 1 is 1.16 bits per heavy atom. The Kier molecular flexibility index (Phi) is 7.47. The lowest BCUT2D eigenvalue weighted by atomic mass is 9.98. The molecule has 1 aliphatic heterocycles. The molecule has 0 radical (unpaired) electrons. The predicted octanol–water partition coefficient (Wildman–Crippen LogP) is 4.38. The summed E-state index contributed by atoms with van der Waals surface area (Å²) in [4.78, 5) is 24.1. The normalized spacial score (nSPS) is 15.6. The van der Waals surface area contributed by atoms with Gasteiger partial charge in [-0.1, -0.05) is 49.7 Å². The van der Waals surface area contributed by atoms with E-state index in [4.69, 9.17) is 0 Å². The van der Waals surface area contributed by atoms with E-state index in [-0.39, 0.29) is 30.1 Å². The van der Waals surface area contributed by atoms with Crippen molar-refractivity contribution in [1.29, 1.82) is 0 Å². The number of carbonyl (C=O) groups is 2. The first-order chi connectivity index (χ1) is 14.6. The second-order valence-corrected chi connectivity index (χ2v) is 7.64. The minimum absolute atomic E-state index is 0. The van der Waals surface area contributed by atoms with Gasteiger partial charge in [0.25, 0.3) is 0 Å². The summed E-state index contributed by atoms with van der Waals surface area (Å²) in [5.74, 6) is 0.165. The number of benzene rings is 2. The molecule has 1 fully saturated rings. The molecule has 1 aromatic heterocycles. The molecule has 1 atom stereocenters. The summed E-state index contributed by atoms with van der Waals surface area (Å²) in [5.41, 5.74) is 4.19. The number of halogens is 1. The molecule has 3 aromatic rings. The summed E-state index contributed by atoms with van der Waals surface area (Å²) in [5, 5.41) is 10.4. The first-order valence-electron chi connectivity index (χ1n) is 10.5. The van der Waals surface area contributed by atoms with Crippen LogP contribution in [0.15, 0.2) is 60.7 Å². The number of piperidine rings is 1. The minimum Gasteiger partial charge on any atom is -0.355 e. The summed E-state index contributed by atoms with van der Waals surface area (Å²) < 4.78 is 1.86. The van der Waals surface area contributed by atoms with Crippen molar-refractivity contribution >= 4 is 30.0 Å². The van der Waals surface area contributed by atoms with Crippen molar-refractivity contribution in [1.82, 2.24) is 15.1 Å². The Morgan fingerprint density at radius 2 is 1.97 bits per heavy atom. The third-order valence-corrected chi connectivity index (χ3v) is 5.36. The Labute approximate surface area is 188 Å². The fourth-order valence-corrected chi connectivity index (χ4v) is 3.77. The number of amides is 2. The summed E-state index contributed by atoms with van der Waals surface area (Å²) in [6, 6.07) is 20.3. The highest BCUT2D eigenvalue weighted by molar-refractivity contribution is 5.93. The molecule has 1 aliphatic rings. The highest BCUT2D eigenvalue weighted by atomic mass is 35.5. The van der Waals surface area contributed by atoms with Crippen LogP contribution in [0, 0.1) is 5.92 Å². The standard InChI is InChI=1S/C24H26N4O2.ClH/c1-2-7-17-8-6-9-18(14-17)21-15-22(27-28(21)20-10-4-3-5-11-20)26-24(30)19-12-13-23(29)25-16-19;/h3-6,8-11,14-15,19H,2,7,12-13,16H2,1H3,(H,25,29)(H,26,27,30);1H/t19-;/m0./s1.